The number of rotatable bonds is 41. The van der Waals surface area contributed by atoms with Crippen LogP contribution in [0.1, 0.15) is 253 Å². The monoisotopic (exact) mass is 869 g/mol. The van der Waals surface area contributed by atoms with Crippen LogP contribution in [0.3, 0.4) is 0 Å². The van der Waals surface area contributed by atoms with Crippen LogP contribution >= 0.6 is 0 Å². The second-order valence-electron chi connectivity index (χ2n) is 16.3. The summed E-state index contributed by atoms with van der Waals surface area (Å²) in [5, 5.41) is 0. The Balaban J connectivity index is 0.0000336. The molecule has 0 amide bonds. The molecule has 0 N–H and O–H groups in total. The van der Waals surface area contributed by atoms with Gasteiger partial charge in [0.15, 0.2) is 0 Å². The molecular formula is C50H85KO7S. The van der Waals surface area contributed by atoms with Crippen molar-refractivity contribution in [3.05, 3.63) is 53.6 Å². The van der Waals surface area contributed by atoms with Crippen LogP contribution in [-0.4, -0.2) is 38.1 Å². The largest absolute Gasteiger partial charge is 1.00 e. The van der Waals surface area contributed by atoms with Gasteiger partial charge in [-0.3, -0.25) is 0 Å². The number of unbranched alkanes of at least 4 members (excludes halogenated alkanes) is 30. The van der Waals surface area contributed by atoms with E-state index in [9.17, 15) is 22.6 Å². The SMILES string of the molecule is CC/C=C/CCCCCCCCCCCCCCCCCOC(=O)c1cccc(S(=O)(=O)[O-])c1C(=O)OCCCCCCCCCCCCCCCCC/C=C/CC.[K+]. The first kappa shape index (κ1) is 58.2. The summed E-state index contributed by atoms with van der Waals surface area (Å²) in [4.78, 5) is 25.3. The molecule has 0 heterocycles. The zero-order chi connectivity index (χ0) is 42.2. The van der Waals surface area contributed by atoms with Gasteiger partial charge in [-0.05, 0) is 63.5 Å². The Kier molecular flexibility index (Phi) is 41.9. The third-order valence-corrected chi connectivity index (χ3v) is 11.9. The molecule has 9 heteroatoms. The minimum absolute atomic E-state index is 0. The Labute approximate surface area is 405 Å². The summed E-state index contributed by atoms with van der Waals surface area (Å²) < 4.78 is 46.9. The van der Waals surface area contributed by atoms with E-state index in [1.54, 1.807) is 0 Å². The minimum atomic E-state index is -5.02. The number of carbonyl (C=O) groups is 2. The fourth-order valence-electron chi connectivity index (χ4n) is 7.49. The smallest absolute Gasteiger partial charge is 0.744 e. The molecule has 0 radical (unpaired) electrons. The maximum absolute atomic E-state index is 13.0. The topological polar surface area (TPSA) is 110 Å². The quantitative estimate of drug-likeness (QED) is 0.0212. The first-order valence-corrected chi connectivity index (χ1v) is 25.5. The van der Waals surface area contributed by atoms with Gasteiger partial charge in [-0.2, -0.15) is 0 Å². The fourth-order valence-corrected chi connectivity index (χ4v) is 8.18. The van der Waals surface area contributed by atoms with Crippen molar-refractivity contribution in [2.24, 2.45) is 0 Å². The average molecular weight is 869 g/mol. The normalized spacial score (nSPS) is 11.7. The van der Waals surface area contributed by atoms with E-state index >= 15 is 0 Å². The molecule has 1 rings (SSSR count). The molecule has 0 atom stereocenters. The first-order valence-electron chi connectivity index (χ1n) is 24.1. The zero-order valence-electron chi connectivity index (χ0n) is 38.3. The van der Waals surface area contributed by atoms with E-state index < -0.39 is 32.5 Å². The summed E-state index contributed by atoms with van der Waals surface area (Å²) in [5.74, 6) is -1.80. The van der Waals surface area contributed by atoms with Gasteiger partial charge in [-0.25, -0.2) is 18.0 Å². The van der Waals surface area contributed by atoms with Gasteiger partial charge in [0.1, 0.15) is 10.1 Å². The van der Waals surface area contributed by atoms with Crippen LogP contribution in [0.25, 0.3) is 0 Å². The Bertz CT molecular complexity index is 1310. The summed E-state index contributed by atoms with van der Waals surface area (Å²) in [6.45, 7) is 4.62. The molecule has 334 valence electrons. The maximum Gasteiger partial charge on any atom is 1.00 e. The molecule has 0 aliphatic heterocycles. The Hall–Kier alpha value is -0.814. The van der Waals surface area contributed by atoms with Crippen LogP contribution < -0.4 is 51.4 Å². The van der Waals surface area contributed by atoms with E-state index in [1.165, 1.54) is 166 Å². The summed E-state index contributed by atoms with van der Waals surface area (Å²) in [6, 6.07) is 3.64. The predicted molar refractivity (Wildman–Crippen MR) is 242 cm³/mol. The van der Waals surface area contributed by atoms with Crippen molar-refractivity contribution in [2.75, 3.05) is 13.2 Å². The summed E-state index contributed by atoms with van der Waals surface area (Å²) >= 11 is 0. The van der Waals surface area contributed by atoms with Gasteiger partial charge in [0.05, 0.1) is 29.2 Å². The molecule has 0 saturated heterocycles. The van der Waals surface area contributed by atoms with Gasteiger partial charge < -0.3 is 14.0 Å². The van der Waals surface area contributed by atoms with Crippen LogP contribution in [0, 0.1) is 0 Å². The van der Waals surface area contributed by atoms with E-state index in [2.05, 4.69) is 38.2 Å². The van der Waals surface area contributed by atoms with Crippen LogP contribution in [-0.2, 0) is 19.6 Å². The van der Waals surface area contributed by atoms with Crippen molar-refractivity contribution in [3.63, 3.8) is 0 Å². The molecule has 0 aliphatic carbocycles. The zero-order valence-corrected chi connectivity index (χ0v) is 42.2. The Morgan fingerprint density at radius 2 is 0.780 bits per heavy atom. The van der Waals surface area contributed by atoms with Crippen LogP contribution in [0.2, 0.25) is 0 Å². The predicted octanol–water partition coefficient (Wildman–Crippen LogP) is 12.3. The number of hydrogen-bond acceptors (Lipinski definition) is 7. The van der Waals surface area contributed by atoms with Crippen molar-refractivity contribution in [3.8, 4) is 0 Å². The third-order valence-electron chi connectivity index (χ3n) is 11.0. The van der Waals surface area contributed by atoms with Gasteiger partial charge in [-0.15, -0.1) is 0 Å². The van der Waals surface area contributed by atoms with Crippen molar-refractivity contribution >= 4 is 22.1 Å². The number of ether oxygens (including phenoxy) is 2. The first-order chi connectivity index (χ1) is 28.3. The standard InChI is InChI=1S/C50H86O7S.K/c1-3-5-7-9-11-13-15-17-19-21-23-25-27-29-31-33-35-37-39-44-56-49(51)46-42-41-43-47(58(53,54)55)48(46)50(52)57-45-40-38-36-34-32-30-28-26-24-22-20-18-16-14-12-10-8-6-4-2;/h5-8,41-43H,3-4,9-40,44-45H2,1-2H3,(H,53,54,55);/q;+1/p-1/b7-5+,8-6+;. The number of hydrogen-bond donors (Lipinski definition) is 0. The van der Waals surface area contributed by atoms with Gasteiger partial charge in [0.2, 0.25) is 0 Å². The van der Waals surface area contributed by atoms with Crippen LogP contribution in [0.15, 0.2) is 47.4 Å². The molecule has 1 aromatic carbocycles. The van der Waals surface area contributed by atoms with E-state index in [4.69, 9.17) is 9.47 Å². The summed E-state index contributed by atoms with van der Waals surface area (Å²) in [6.07, 6.45) is 50.4. The van der Waals surface area contributed by atoms with Crippen LogP contribution in [0.4, 0.5) is 0 Å². The Morgan fingerprint density at radius 3 is 1.10 bits per heavy atom. The van der Waals surface area contributed by atoms with Gasteiger partial charge >= 0.3 is 63.3 Å². The second-order valence-corrected chi connectivity index (χ2v) is 17.7. The molecule has 0 saturated carbocycles. The molecule has 7 nitrogen and oxygen atoms in total. The number of esters is 2. The molecular weight excluding hydrogens is 784 g/mol. The van der Waals surface area contributed by atoms with Crippen molar-refractivity contribution in [1.82, 2.24) is 0 Å². The molecule has 0 aromatic heterocycles. The van der Waals surface area contributed by atoms with Crippen LogP contribution in [0.5, 0.6) is 0 Å². The van der Waals surface area contributed by atoms with E-state index in [-0.39, 0.29) is 70.2 Å². The van der Waals surface area contributed by atoms with Gasteiger partial charge in [0, 0.05) is 0 Å². The van der Waals surface area contributed by atoms with Crippen molar-refractivity contribution in [1.29, 1.82) is 0 Å². The number of carbonyl (C=O) groups excluding carboxylic acids is 2. The maximum atomic E-state index is 13.0. The summed E-state index contributed by atoms with van der Waals surface area (Å²) in [5.41, 5.74) is -0.771. The van der Waals surface area contributed by atoms with Gasteiger partial charge in [0.25, 0.3) is 0 Å². The molecule has 0 fully saturated rings. The van der Waals surface area contributed by atoms with Crippen molar-refractivity contribution in [2.45, 2.75) is 237 Å². The van der Waals surface area contributed by atoms with E-state index in [0.717, 1.165) is 57.4 Å². The number of benzene rings is 1. The average Bonchev–Trinajstić information content (AvgIpc) is 3.21. The van der Waals surface area contributed by atoms with E-state index in [0.29, 0.717) is 12.8 Å². The minimum Gasteiger partial charge on any atom is -0.744 e. The summed E-state index contributed by atoms with van der Waals surface area (Å²) in [7, 11) is -5.02. The molecule has 0 unspecified atom stereocenters. The van der Waals surface area contributed by atoms with Gasteiger partial charge in [-0.1, -0.05) is 211 Å². The molecule has 0 aliphatic rings. The fraction of sp³-hybridized carbons (Fsp3) is 0.760. The van der Waals surface area contributed by atoms with Crippen molar-refractivity contribution < 1.29 is 83.4 Å². The third kappa shape index (κ3) is 34.4. The number of allylic oxidation sites excluding steroid dienone is 4. The second kappa shape index (κ2) is 42.5. The Morgan fingerprint density at radius 1 is 0.475 bits per heavy atom. The van der Waals surface area contributed by atoms with E-state index in [1.807, 2.05) is 0 Å². The molecule has 59 heavy (non-hydrogen) atoms. The molecule has 0 spiro atoms. The molecule has 1 aromatic rings. The molecule has 0 bridgehead atoms.